The lowest BCUT2D eigenvalue weighted by Gasteiger charge is -2.32. The van der Waals surface area contributed by atoms with Crippen LogP contribution in [0.1, 0.15) is 0 Å². The number of carbonyl (C=O) groups is 1. The molecule has 3 heterocycles. The Morgan fingerprint density at radius 2 is 2.28 bits per heavy atom. The van der Waals surface area contributed by atoms with Crippen LogP contribution < -0.4 is 15.4 Å². The number of nitrogens with one attached hydrogen (secondary N) is 2. The van der Waals surface area contributed by atoms with E-state index in [4.69, 9.17) is 4.74 Å². The molecule has 1 aromatic heterocycles. The Labute approximate surface area is 105 Å². The minimum absolute atomic E-state index is 0.111. The summed E-state index contributed by atoms with van der Waals surface area (Å²) in [6.45, 7) is 4.46. The number of pyridine rings is 1. The van der Waals surface area contributed by atoms with Gasteiger partial charge in [-0.3, -0.25) is 9.69 Å². The molecule has 3 rings (SSSR count). The number of piperazine rings is 1. The molecule has 0 bridgehead atoms. The lowest BCUT2D eigenvalue weighted by molar-refractivity contribution is -0.124. The van der Waals surface area contributed by atoms with Crippen LogP contribution in [0.3, 0.4) is 0 Å². The predicted molar refractivity (Wildman–Crippen MR) is 66.6 cm³/mol. The number of amides is 1. The van der Waals surface area contributed by atoms with Gasteiger partial charge >= 0.3 is 0 Å². The summed E-state index contributed by atoms with van der Waals surface area (Å²) in [7, 11) is 0. The van der Waals surface area contributed by atoms with Crippen LogP contribution in [0.25, 0.3) is 0 Å². The minimum atomic E-state index is -0.445. The van der Waals surface area contributed by atoms with E-state index in [0.29, 0.717) is 18.1 Å². The van der Waals surface area contributed by atoms with E-state index in [2.05, 4.69) is 20.5 Å². The molecule has 18 heavy (non-hydrogen) atoms. The van der Waals surface area contributed by atoms with E-state index in [9.17, 15) is 4.79 Å². The molecule has 1 atom stereocenters. The van der Waals surface area contributed by atoms with Crippen molar-refractivity contribution in [2.45, 2.75) is 6.10 Å². The van der Waals surface area contributed by atoms with E-state index in [1.54, 1.807) is 12.3 Å². The quantitative estimate of drug-likeness (QED) is 0.751. The molecule has 1 unspecified atom stereocenters. The molecule has 96 valence electrons. The lowest BCUT2D eigenvalue weighted by Crippen LogP contribution is -2.51. The number of carbonyl (C=O) groups excluding carboxylic acids is 1. The van der Waals surface area contributed by atoms with Crippen LogP contribution in [0.4, 0.5) is 5.82 Å². The average molecular weight is 248 g/mol. The molecule has 0 radical (unpaired) electrons. The van der Waals surface area contributed by atoms with E-state index in [-0.39, 0.29) is 5.91 Å². The van der Waals surface area contributed by atoms with E-state index < -0.39 is 6.10 Å². The average Bonchev–Trinajstić information content (AvgIpc) is 2.41. The van der Waals surface area contributed by atoms with Gasteiger partial charge < -0.3 is 15.4 Å². The van der Waals surface area contributed by atoms with Crippen molar-refractivity contribution in [1.29, 1.82) is 0 Å². The number of anilines is 1. The first-order chi connectivity index (χ1) is 8.83. The van der Waals surface area contributed by atoms with E-state index in [1.165, 1.54) is 0 Å². The topological polar surface area (TPSA) is 66.5 Å². The van der Waals surface area contributed by atoms with Crippen LogP contribution in [-0.2, 0) is 4.79 Å². The van der Waals surface area contributed by atoms with Gasteiger partial charge in [0.1, 0.15) is 0 Å². The van der Waals surface area contributed by atoms with Crippen LogP contribution in [0.2, 0.25) is 0 Å². The van der Waals surface area contributed by atoms with Crippen molar-refractivity contribution >= 4 is 11.7 Å². The summed E-state index contributed by atoms with van der Waals surface area (Å²) in [5, 5.41) is 6.07. The fourth-order valence-electron chi connectivity index (χ4n) is 2.23. The standard InChI is InChI=1S/C12H16N4O2/c17-12-10(8-16-6-4-13-5-7-16)18-9-2-1-3-14-11(9)15-12/h1-3,10,13H,4-8H2,(H,14,15,17). The van der Waals surface area contributed by atoms with Gasteiger partial charge in [0.25, 0.3) is 5.91 Å². The Morgan fingerprint density at radius 1 is 1.44 bits per heavy atom. The van der Waals surface area contributed by atoms with Gasteiger partial charge in [0.15, 0.2) is 17.7 Å². The van der Waals surface area contributed by atoms with Gasteiger partial charge in [0.2, 0.25) is 0 Å². The molecule has 0 saturated carbocycles. The van der Waals surface area contributed by atoms with Crippen molar-refractivity contribution in [3.63, 3.8) is 0 Å². The monoisotopic (exact) mass is 248 g/mol. The number of ether oxygens (including phenoxy) is 1. The number of aromatic nitrogens is 1. The minimum Gasteiger partial charge on any atom is -0.475 e. The smallest absolute Gasteiger partial charge is 0.268 e. The molecule has 1 fully saturated rings. The van der Waals surface area contributed by atoms with Gasteiger partial charge in [0.05, 0.1) is 0 Å². The molecule has 6 heteroatoms. The predicted octanol–water partition coefficient (Wildman–Crippen LogP) is -0.314. The summed E-state index contributed by atoms with van der Waals surface area (Å²) in [5.74, 6) is 1.05. The first kappa shape index (κ1) is 11.4. The molecule has 1 saturated heterocycles. The highest BCUT2D eigenvalue weighted by Gasteiger charge is 2.30. The zero-order chi connectivity index (χ0) is 12.4. The summed E-state index contributed by atoms with van der Waals surface area (Å²) in [6, 6.07) is 3.63. The number of hydrogen-bond donors (Lipinski definition) is 2. The fourth-order valence-corrected chi connectivity index (χ4v) is 2.23. The molecule has 0 aliphatic carbocycles. The Kier molecular flexibility index (Phi) is 3.12. The van der Waals surface area contributed by atoms with Crippen LogP contribution >= 0.6 is 0 Å². The maximum absolute atomic E-state index is 11.9. The summed E-state index contributed by atoms with van der Waals surface area (Å²) in [5.41, 5.74) is 0. The number of nitrogens with zero attached hydrogens (tertiary/aromatic N) is 2. The van der Waals surface area contributed by atoms with E-state index in [0.717, 1.165) is 26.2 Å². The first-order valence-corrected chi connectivity index (χ1v) is 6.18. The molecular formula is C12H16N4O2. The van der Waals surface area contributed by atoms with Crippen molar-refractivity contribution in [3.8, 4) is 5.75 Å². The van der Waals surface area contributed by atoms with Crippen LogP contribution in [0.15, 0.2) is 18.3 Å². The fraction of sp³-hybridized carbons (Fsp3) is 0.500. The second-order valence-electron chi connectivity index (χ2n) is 4.50. The summed E-state index contributed by atoms with van der Waals surface area (Å²) in [6.07, 6.45) is 1.19. The Balaban J connectivity index is 1.68. The highest BCUT2D eigenvalue weighted by atomic mass is 16.5. The van der Waals surface area contributed by atoms with E-state index in [1.807, 2.05) is 6.07 Å². The summed E-state index contributed by atoms with van der Waals surface area (Å²) < 4.78 is 5.71. The Bertz CT molecular complexity index is 445. The summed E-state index contributed by atoms with van der Waals surface area (Å²) in [4.78, 5) is 18.2. The number of fused-ring (bicyclic) bond motifs is 1. The molecule has 2 aliphatic rings. The molecule has 2 aliphatic heterocycles. The molecule has 0 aromatic carbocycles. The molecule has 1 aromatic rings. The molecule has 2 N–H and O–H groups in total. The first-order valence-electron chi connectivity index (χ1n) is 6.18. The van der Waals surface area contributed by atoms with Crippen molar-refractivity contribution in [1.82, 2.24) is 15.2 Å². The van der Waals surface area contributed by atoms with Gasteiger partial charge in [-0.2, -0.15) is 0 Å². The van der Waals surface area contributed by atoms with Crippen molar-refractivity contribution in [3.05, 3.63) is 18.3 Å². The zero-order valence-corrected chi connectivity index (χ0v) is 10.1. The Morgan fingerprint density at radius 3 is 3.11 bits per heavy atom. The maximum atomic E-state index is 11.9. The van der Waals surface area contributed by atoms with Gasteiger partial charge in [-0.15, -0.1) is 0 Å². The van der Waals surface area contributed by atoms with E-state index >= 15 is 0 Å². The highest BCUT2D eigenvalue weighted by Crippen LogP contribution is 2.26. The van der Waals surface area contributed by atoms with Gasteiger partial charge in [-0.1, -0.05) is 0 Å². The molecule has 0 spiro atoms. The van der Waals surface area contributed by atoms with Crippen molar-refractivity contribution in [2.24, 2.45) is 0 Å². The second kappa shape index (κ2) is 4.91. The Hall–Kier alpha value is -1.66. The second-order valence-corrected chi connectivity index (χ2v) is 4.50. The van der Waals surface area contributed by atoms with Crippen LogP contribution in [0.5, 0.6) is 5.75 Å². The highest BCUT2D eigenvalue weighted by molar-refractivity contribution is 5.96. The summed E-state index contributed by atoms with van der Waals surface area (Å²) >= 11 is 0. The van der Waals surface area contributed by atoms with Gasteiger partial charge in [-0.25, -0.2) is 4.98 Å². The number of hydrogen-bond acceptors (Lipinski definition) is 5. The third kappa shape index (κ3) is 2.30. The van der Waals surface area contributed by atoms with Crippen molar-refractivity contribution in [2.75, 3.05) is 38.0 Å². The van der Waals surface area contributed by atoms with Gasteiger partial charge in [0, 0.05) is 38.9 Å². The number of rotatable bonds is 2. The molecular weight excluding hydrogens is 232 g/mol. The van der Waals surface area contributed by atoms with Crippen LogP contribution in [0, 0.1) is 0 Å². The SMILES string of the molecule is O=C1Nc2ncccc2OC1CN1CCNCC1. The third-order valence-electron chi connectivity index (χ3n) is 3.21. The largest absolute Gasteiger partial charge is 0.475 e. The maximum Gasteiger partial charge on any atom is 0.268 e. The van der Waals surface area contributed by atoms with Gasteiger partial charge in [-0.05, 0) is 12.1 Å². The lowest BCUT2D eigenvalue weighted by atomic mass is 10.2. The zero-order valence-electron chi connectivity index (χ0n) is 10.1. The molecule has 6 nitrogen and oxygen atoms in total. The van der Waals surface area contributed by atoms with Crippen LogP contribution in [-0.4, -0.2) is 54.6 Å². The molecule has 1 amide bonds. The van der Waals surface area contributed by atoms with Crippen molar-refractivity contribution < 1.29 is 9.53 Å². The normalized spacial score (nSPS) is 24.0. The third-order valence-corrected chi connectivity index (χ3v) is 3.21.